The zero-order chi connectivity index (χ0) is 14.5. The summed E-state index contributed by atoms with van der Waals surface area (Å²) in [6.07, 6.45) is 4.73. The van der Waals surface area contributed by atoms with E-state index in [2.05, 4.69) is 4.99 Å². The van der Waals surface area contributed by atoms with Gasteiger partial charge in [0.25, 0.3) is 0 Å². The second kappa shape index (κ2) is 8.05. The van der Waals surface area contributed by atoms with Crippen molar-refractivity contribution in [2.75, 3.05) is 0 Å². The fraction of sp³-hybridized carbons (Fsp3) is 0.0714. The Morgan fingerprint density at radius 2 is 2.05 bits per heavy atom. The standard InChI is InChI=1S/C14H9Cl2N2O2.BrH/c15-10-3-4-12(13(16)6-10)14(20)8-18-5-1-2-11(7-18)17-9-19;/h1-7H,8H2;1H/q+1;/p-1. The summed E-state index contributed by atoms with van der Waals surface area (Å²) in [5.74, 6) is -0.163. The normalized spacial score (nSPS) is 9.43. The molecule has 108 valence electrons. The third kappa shape index (κ3) is 4.76. The number of aromatic nitrogens is 1. The Morgan fingerprint density at radius 1 is 1.29 bits per heavy atom. The molecular weight excluding hydrogens is 379 g/mol. The molecule has 2 aromatic rings. The Kier molecular flexibility index (Phi) is 6.72. The molecule has 1 heterocycles. The van der Waals surface area contributed by atoms with Crippen molar-refractivity contribution in [2.24, 2.45) is 4.99 Å². The maximum absolute atomic E-state index is 12.2. The summed E-state index contributed by atoms with van der Waals surface area (Å²) in [5.41, 5.74) is 0.824. The van der Waals surface area contributed by atoms with E-state index in [4.69, 9.17) is 23.2 Å². The summed E-state index contributed by atoms with van der Waals surface area (Å²) < 4.78 is 1.61. The number of nitrogens with zero attached hydrogens (tertiary/aromatic N) is 2. The first-order valence-electron chi connectivity index (χ1n) is 5.65. The second-order valence-electron chi connectivity index (χ2n) is 3.98. The van der Waals surface area contributed by atoms with Gasteiger partial charge in [-0.1, -0.05) is 23.2 Å². The van der Waals surface area contributed by atoms with Crippen molar-refractivity contribution in [3.63, 3.8) is 0 Å². The number of pyridine rings is 1. The predicted molar refractivity (Wildman–Crippen MR) is 75.2 cm³/mol. The van der Waals surface area contributed by atoms with Crippen molar-refractivity contribution < 1.29 is 31.1 Å². The van der Waals surface area contributed by atoms with Gasteiger partial charge < -0.3 is 17.0 Å². The molecule has 0 radical (unpaired) electrons. The van der Waals surface area contributed by atoms with Crippen molar-refractivity contribution in [3.8, 4) is 0 Å². The Balaban J connectivity index is 0.00000220. The van der Waals surface area contributed by atoms with Crippen LogP contribution >= 0.6 is 23.2 Å². The first-order valence-corrected chi connectivity index (χ1v) is 6.41. The molecule has 0 amide bonds. The summed E-state index contributed by atoms with van der Waals surface area (Å²) in [4.78, 5) is 25.9. The summed E-state index contributed by atoms with van der Waals surface area (Å²) in [5, 5.41) is 0.784. The van der Waals surface area contributed by atoms with Crippen LogP contribution in [-0.4, -0.2) is 11.9 Å². The highest BCUT2D eigenvalue weighted by molar-refractivity contribution is 6.36. The molecule has 0 aliphatic rings. The number of ketones is 1. The van der Waals surface area contributed by atoms with Crippen LogP contribution in [0.3, 0.4) is 0 Å². The Bertz CT molecular complexity index is 716. The third-order valence-electron chi connectivity index (χ3n) is 2.58. The molecule has 0 aliphatic heterocycles. The van der Waals surface area contributed by atoms with Gasteiger partial charge in [0.15, 0.2) is 12.4 Å². The van der Waals surface area contributed by atoms with Gasteiger partial charge in [-0.3, -0.25) is 4.79 Å². The first-order chi connectivity index (χ1) is 9.60. The summed E-state index contributed by atoms with van der Waals surface area (Å²) in [6, 6.07) is 8.04. The zero-order valence-corrected chi connectivity index (χ0v) is 13.7. The average molecular weight is 388 g/mol. The molecule has 1 aromatic heterocycles. The number of rotatable bonds is 4. The van der Waals surface area contributed by atoms with Gasteiger partial charge >= 0.3 is 0 Å². The van der Waals surface area contributed by atoms with Crippen LogP contribution in [0.15, 0.2) is 47.7 Å². The number of isocyanates is 1. The number of halogens is 3. The quantitative estimate of drug-likeness (QED) is 0.324. The topological polar surface area (TPSA) is 50.4 Å². The van der Waals surface area contributed by atoms with Gasteiger partial charge in [-0.15, -0.1) is 0 Å². The number of carbonyl (C=O) groups is 1. The van der Waals surface area contributed by atoms with E-state index in [-0.39, 0.29) is 29.3 Å². The monoisotopic (exact) mass is 386 g/mol. The van der Waals surface area contributed by atoms with Crippen molar-refractivity contribution >= 4 is 40.8 Å². The van der Waals surface area contributed by atoms with E-state index < -0.39 is 0 Å². The molecule has 0 unspecified atom stereocenters. The van der Waals surface area contributed by atoms with Gasteiger partial charge in [-0.2, -0.15) is 9.56 Å². The van der Waals surface area contributed by atoms with Crippen LogP contribution in [0.25, 0.3) is 0 Å². The van der Waals surface area contributed by atoms with E-state index in [1.807, 2.05) is 0 Å². The molecule has 7 heteroatoms. The van der Waals surface area contributed by atoms with Gasteiger partial charge in [0.05, 0.1) is 5.02 Å². The molecule has 4 nitrogen and oxygen atoms in total. The van der Waals surface area contributed by atoms with Crippen LogP contribution in [0.4, 0.5) is 5.69 Å². The van der Waals surface area contributed by atoms with Crippen LogP contribution in [0.5, 0.6) is 0 Å². The molecule has 21 heavy (non-hydrogen) atoms. The van der Waals surface area contributed by atoms with E-state index >= 15 is 0 Å². The molecule has 0 bridgehead atoms. The molecule has 2 rings (SSSR count). The number of carbonyl (C=O) groups excluding carboxylic acids is 2. The van der Waals surface area contributed by atoms with Crippen molar-refractivity contribution in [1.29, 1.82) is 0 Å². The lowest BCUT2D eigenvalue weighted by Gasteiger charge is -2.02. The van der Waals surface area contributed by atoms with Gasteiger partial charge in [-0.05, 0) is 24.3 Å². The van der Waals surface area contributed by atoms with Crippen molar-refractivity contribution in [1.82, 2.24) is 0 Å². The minimum atomic E-state index is -0.163. The van der Waals surface area contributed by atoms with Crippen molar-refractivity contribution in [3.05, 3.63) is 58.3 Å². The molecular formula is C14H9BrCl2N2O2. The maximum atomic E-state index is 12.2. The molecule has 0 aliphatic carbocycles. The van der Waals surface area contributed by atoms with E-state index in [1.165, 1.54) is 12.1 Å². The highest BCUT2D eigenvalue weighted by Gasteiger charge is 2.15. The summed E-state index contributed by atoms with van der Waals surface area (Å²) >= 11 is 11.8. The van der Waals surface area contributed by atoms with Gasteiger partial charge in [0.2, 0.25) is 18.4 Å². The number of Topliss-reactive ketones (excluding diaryl/α,β-unsaturated/α-hetero) is 1. The predicted octanol–water partition coefficient (Wildman–Crippen LogP) is 0.135. The number of hydrogen-bond donors (Lipinski definition) is 0. The lowest BCUT2D eigenvalue weighted by atomic mass is 10.1. The van der Waals surface area contributed by atoms with E-state index in [1.54, 1.807) is 41.2 Å². The average Bonchev–Trinajstić information content (AvgIpc) is 2.39. The fourth-order valence-electron chi connectivity index (χ4n) is 1.69. The smallest absolute Gasteiger partial charge is 0.240 e. The molecule has 0 spiro atoms. The highest BCUT2D eigenvalue weighted by atomic mass is 79.9. The Morgan fingerprint density at radius 3 is 2.71 bits per heavy atom. The minimum absolute atomic E-state index is 0. The van der Waals surface area contributed by atoms with Crippen LogP contribution < -0.4 is 21.5 Å². The molecule has 1 aromatic carbocycles. The Labute approximate surface area is 141 Å². The van der Waals surface area contributed by atoms with Crippen LogP contribution in [0.2, 0.25) is 10.0 Å². The Hall–Kier alpha value is -1.52. The zero-order valence-electron chi connectivity index (χ0n) is 10.6. The maximum Gasteiger partial charge on any atom is 0.240 e. The molecule has 0 fully saturated rings. The first kappa shape index (κ1) is 17.5. The lowest BCUT2D eigenvalue weighted by molar-refractivity contribution is -0.682. The van der Waals surface area contributed by atoms with E-state index in [9.17, 15) is 9.59 Å². The number of hydrogen-bond acceptors (Lipinski definition) is 3. The van der Waals surface area contributed by atoms with Gasteiger partial charge in [0.1, 0.15) is 5.69 Å². The van der Waals surface area contributed by atoms with Crippen LogP contribution in [-0.2, 0) is 11.3 Å². The molecule has 0 N–H and O–H groups in total. The summed E-state index contributed by atoms with van der Waals surface area (Å²) in [6.45, 7) is 0.0869. The van der Waals surface area contributed by atoms with Crippen LogP contribution in [0.1, 0.15) is 10.4 Å². The van der Waals surface area contributed by atoms with Gasteiger partial charge in [-0.25, -0.2) is 4.79 Å². The molecule has 0 saturated carbocycles. The van der Waals surface area contributed by atoms with Crippen molar-refractivity contribution in [2.45, 2.75) is 6.54 Å². The molecule has 0 atom stereocenters. The molecule has 0 saturated heterocycles. The van der Waals surface area contributed by atoms with E-state index in [0.29, 0.717) is 21.3 Å². The second-order valence-corrected chi connectivity index (χ2v) is 4.83. The number of aliphatic imine (C=N–C) groups is 1. The third-order valence-corrected chi connectivity index (χ3v) is 3.12. The fourth-order valence-corrected chi connectivity index (χ4v) is 2.21. The minimum Gasteiger partial charge on any atom is -1.00 e. The van der Waals surface area contributed by atoms with E-state index in [0.717, 1.165) is 0 Å². The summed E-state index contributed by atoms with van der Waals surface area (Å²) in [7, 11) is 0. The number of benzene rings is 1. The van der Waals surface area contributed by atoms with Crippen LogP contribution in [0, 0.1) is 0 Å². The largest absolute Gasteiger partial charge is 1.00 e. The lowest BCUT2D eigenvalue weighted by Crippen LogP contribution is -3.00. The van der Waals surface area contributed by atoms with Gasteiger partial charge in [0, 0.05) is 16.7 Å². The SMILES string of the molecule is O=C=Nc1ccc[n+](CC(=O)c2ccc(Cl)cc2Cl)c1.[Br-]. The highest BCUT2D eigenvalue weighted by Crippen LogP contribution is 2.21.